The topological polar surface area (TPSA) is 91.9 Å². The molecule has 1 N–H and O–H groups in total. The highest BCUT2D eigenvalue weighted by molar-refractivity contribution is 6.34. The van der Waals surface area contributed by atoms with Crippen molar-refractivity contribution in [2.75, 3.05) is 18.5 Å². The van der Waals surface area contributed by atoms with E-state index in [-0.39, 0.29) is 5.60 Å². The van der Waals surface area contributed by atoms with Crippen molar-refractivity contribution in [3.63, 3.8) is 0 Å². The minimum Gasteiger partial charge on any atom is -0.475 e. The van der Waals surface area contributed by atoms with Gasteiger partial charge in [-0.05, 0) is 32.6 Å². The number of halogens is 1. The molecule has 152 valence electrons. The van der Waals surface area contributed by atoms with Crippen molar-refractivity contribution in [1.82, 2.24) is 29.5 Å². The third-order valence-electron chi connectivity index (χ3n) is 6.17. The number of ether oxygens (including phenoxy) is 2. The maximum atomic E-state index is 6.24. The molecule has 2 aliphatic heterocycles. The largest absolute Gasteiger partial charge is 0.475 e. The van der Waals surface area contributed by atoms with Crippen molar-refractivity contribution in [2.24, 2.45) is 0 Å². The van der Waals surface area contributed by atoms with Crippen molar-refractivity contribution >= 4 is 34.3 Å². The monoisotopic (exact) mass is 415 g/mol. The van der Waals surface area contributed by atoms with Gasteiger partial charge in [0, 0.05) is 25.8 Å². The normalized spacial score (nSPS) is 22.8. The van der Waals surface area contributed by atoms with Crippen LogP contribution in [0.25, 0.3) is 11.0 Å². The summed E-state index contributed by atoms with van der Waals surface area (Å²) in [6.45, 7) is 4.05. The first kappa shape index (κ1) is 17.5. The second-order valence-electron chi connectivity index (χ2n) is 8.16. The highest BCUT2D eigenvalue weighted by Gasteiger charge is 2.48. The molecule has 5 heterocycles. The minimum absolute atomic E-state index is 0.0859. The van der Waals surface area contributed by atoms with E-state index in [1.54, 1.807) is 10.9 Å². The number of nitrogens with one attached hydrogen (secondary N) is 1. The number of hydrogen-bond acceptors (Lipinski definition) is 7. The Kier molecular flexibility index (Phi) is 3.80. The molecule has 1 saturated carbocycles. The van der Waals surface area contributed by atoms with Gasteiger partial charge in [0.2, 0.25) is 5.95 Å². The Labute approximate surface area is 172 Å². The molecule has 0 unspecified atom stereocenters. The number of rotatable bonds is 1. The van der Waals surface area contributed by atoms with Gasteiger partial charge >= 0.3 is 0 Å². The first-order valence-corrected chi connectivity index (χ1v) is 10.5. The van der Waals surface area contributed by atoms with Crippen LogP contribution in [-0.4, -0.2) is 48.3 Å². The molecule has 6 rings (SSSR count). The lowest BCUT2D eigenvalue weighted by Gasteiger charge is -2.30. The first-order valence-electron chi connectivity index (χ1n) is 10.1. The molecule has 1 atom stereocenters. The number of anilines is 2. The van der Waals surface area contributed by atoms with Gasteiger partial charge in [0.1, 0.15) is 5.69 Å². The minimum atomic E-state index is 0.0859. The van der Waals surface area contributed by atoms with Crippen molar-refractivity contribution in [3.8, 4) is 5.88 Å². The third-order valence-corrected chi connectivity index (χ3v) is 6.45. The van der Waals surface area contributed by atoms with Gasteiger partial charge < -0.3 is 14.8 Å². The fraction of sp³-hybridized carbons (Fsp3) is 0.579. The predicted octanol–water partition coefficient (Wildman–Crippen LogP) is 3.39. The van der Waals surface area contributed by atoms with Crippen LogP contribution in [0.5, 0.6) is 5.88 Å². The zero-order valence-electron chi connectivity index (χ0n) is 16.2. The van der Waals surface area contributed by atoms with Crippen LogP contribution in [0, 0.1) is 6.92 Å². The number of aryl methyl sites for hydroxylation is 1. The summed E-state index contributed by atoms with van der Waals surface area (Å²) in [6.07, 6.45) is 6.77. The summed E-state index contributed by atoms with van der Waals surface area (Å²) < 4.78 is 16.0. The van der Waals surface area contributed by atoms with E-state index in [0.717, 1.165) is 61.1 Å². The molecule has 1 aliphatic carbocycles. The average Bonchev–Trinajstić information content (AvgIpc) is 3.29. The van der Waals surface area contributed by atoms with Gasteiger partial charge in [0.25, 0.3) is 5.88 Å². The van der Waals surface area contributed by atoms with Gasteiger partial charge in [0.05, 0.1) is 29.3 Å². The van der Waals surface area contributed by atoms with Crippen molar-refractivity contribution in [2.45, 2.75) is 57.2 Å². The maximum absolute atomic E-state index is 6.24. The number of hydrogen-bond donors (Lipinski definition) is 1. The SMILES string of the molecule is Cc1c2c(nn1[C@H]1CCOC3(CC3)C1)OCCCn1nc(Cl)c3cnc(nc31)N2. The van der Waals surface area contributed by atoms with Gasteiger partial charge in [-0.25, -0.2) is 9.67 Å². The van der Waals surface area contributed by atoms with Gasteiger partial charge in [-0.1, -0.05) is 11.6 Å². The summed E-state index contributed by atoms with van der Waals surface area (Å²) in [4.78, 5) is 9.09. The van der Waals surface area contributed by atoms with Crippen LogP contribution < -0.4 is 10.1 Å². The molecule has 3 aromatic rings. The van der Waals surface area contributed by atoms with Gasteiger partial charge in [-0.15, -0.1) is 5.10 Å². The van der Waals surface area contributed by atoms with E-state index in [4.69, 9.17) is 26.2 Å². The molecule has 0 aromatic carbocycles. The number of nitrogens with zero attached hydrogens (tertiary/aromatic N) is 6. The highest BCUT2D eigenvalue weighted by Crippen LogP contribution is 2.50. The summed E-state index contributed by atoms with van der Waals surface area (Å²) in [7, 11) is 0. The molecule has 10 heteroatoms. The standard InChI is InChI=1S/C19H22ClN7O2/c1-11-14-17(25-27(11)12-3-8-29-19(9-12)4-5-19)28-7-2-6-26-16-13(15(20)24-26)10-21-18(22-14)23-16/h10,12H,2-9H2,1H3,(H,21,22,23)/t12-/m0/s1. The van der Waals surface area contributed by atoms with E-state index in [2.05, 4.69) is 32.0 Å². The Balaban J connectivity index is 1.40. The zero-order chi connectivity index (χ0) is 19.6. The van der Waals surface area contributed by atoms with Crippen LogP contribution >= 0.6 is 11.6 Å². The van der Waals surface area contributed by atoms with E-state index in [9.17, 15) is 0 Å². The molecule has 0 radical (unpaired) electrons. The first-order chi connectivity index (χ1) is 14.1. The molecule has 9 nitrogen and oxygen atoms in total. The Morgan fingerprint density at radius 3 is 3.03 bits per heavy atom. The Morgan fingerprint density at radius 1 is 1.28 bits per heavy atom. The lowest BCUT2D eigenvalue weighted by Crippen LogP contribution is -2.30. The van der Waals surface area contributed by atoms with Crippen molar-refractivity contribution in [3.05, 3.63) is 17.0 Å². The van der Waals surface area contributed by atoms with Crippen LogP contribution in [0.1, 0.15) is 43.8 Å². The van der Waals surface area contributed by atoms with Gasteiger partial charge in [-0.3, -0.25) is 4.68 Å². The lowest BCUT2D eigenvalue weighted by molar-refractivity contribution is -0.0274. The Bertz CT molecular complexity index is 1100. The van der Waals surface area contributed by atoms with E-state index >= 15 is 0 Å². The summed E-state index contributed by atoms with van der Waals surface area (Å²) >= 11 is 6.24. The van der Waals surface area contributed by atoms with Crippen molar-refractivity contribution in [1.29, 1.82) is 0 Å². The van der Waals surface area contributed by atoms with Gasteiger partial charge in [0.15, 0.2) is 10.8 Å². The second-order valence-corrected chi connectivity index (χ2v) is 8.52. The highest BCUT2D eigenvalue weighted by atomic mass is 35.5. The third kappa shape index (κ3) is 2.86. The van der Waals surface area contributed by atoms with Crippen LogP contribution in [0.3, 0.4) is 0 Å². The molecule has 2 fully saturated rings. The predicted molar refractivity (Wildman–Crippen MR) is 107 cm³/mol. The molecule has 3 aromatic heterocycles. The van der Waals surface area contributed by atoms with Gasteiger partial charge in [-0.2, -0.15) is 10.1 Å². The maximum Gasteiger partial charge on any atom is 0.257 e. The molecule has 1 spiro atoms. The number of fused-ring (bicyclic) bond motifs is 2. The van der Waals surface area contributed by atoms with E-state index in [0.29, 0.717) is 36.2 Å². The number of aromatic nitrogens is 6. The molecule has 2 bridgehead atoms. The summed E-state index contributed by atoms with van der Waals surface area (Å²) in [6, 6.07) is 0.320. The Hall–Kier alpha value is -2.39. The summed E-state index contributed by atoms with van der Waals surface area (Å²) in [5.74, 6) is 1.08. The summed E-state index contributed by atoms with van der Waals surface area (Å²) in [5, 5.41) is 13.7. The van der Waals surface area contributed by atoms with Crippen molar-refractivity contribution < 1.29 is 9.47 Å². The second kappa shape index (κ2) is 6.30. The molecule has 29 heavy (non-hydrogen) atoms. The van der Waals surface area contributed by atoms with Crippen LogP contribution in [-0.2, 0) is 11.3 Å². The smallest absolute Gasteiger partial charge is 0.257 e. The molecule has 0 amide bonds. The molecule has 1 saturated heterocycles. The van der Waals surface area contributed by atoms with E-state index in [1.807, 2.05) is 0 Å². The molecular weight excluding hydrogens is 394 g/mol. The van der Waals surface area contributed by atoms with Crippen LogP contribution in [0.4, 0.5) is 11.6 Å². The van der Waals surface area contributed by atoms with Crippen LogP contribution in [0.2, 0.25) is 5.15 Å². The zero-order valence-corrected chi connectivity index (χ0v) is 16.9. The quantitative estimate of drug-likeness (QED) is 0.651. The lowest BCUT2D eigenvalue weighted by atomic mass is 10.0. The van der Waals surface area contributed by atoms with E-state index in [1.165, 1.54) is 0 Å². The summed E-state index contributed by atoms with van der Waals surface area (Å²) in [5.41, 5.74) is 2.65. The van der Waals surface area contributed by atoms with E-state index < -0.39 is 0 Å². The molecular formula is C19H22ClN7O2. The average molecular weight is 416 g/mol. The molecule has 3 aliphatic rings. The van der Waals surface area contributed by atoms with Crippen LogP contribution in [0.15, 0.2) is 6.20 Å². The Morgan fingerprint density at radius 2 is 2.17 bits per heavy atom. The fourth-order valence-electron chi connectivity index (χ4n) is 4.42. The fourth-order valence-corrected chi connectivity index (χ4v) is 4.65.